The van der Waals surface area contributed by atoms with Crippen molar-refractivity contribution in [1.29, 1.82) is 0 Å². The highest BCUT2D eigenvalue weighted by Gasteiger charge is 2.14. The second-order valence-corrected chi connectivity index (χ2v) is 7.98. The van der Waals surface area contributed by atoms with E-state index in [-0.39, 0.29) is 12.6 Å². The Labute approximate surface area is 188 Å². The normalized spacial score (nSPS) is 12.0. The zero-order chi connectivity index (χ0) is 22.7. The van der Waals surface area contributed by atoms with Gasteiger partial charge in [-0.15, -0.1) is 10.2 Å². The molecular weight excluding hydrogens is 400 g/mol. The number of hydrogen-bond donors (Lipinski definition) is 2. The Hall–Kier alpha value is -3.58. The van der Waals surface area contributed by atoms with Crippen LogP contribution in [0.3, 0.4) is 0 Å². The zero-order valence-electron chi connectivity index (χ0n) is 18.9. The molecule has 1 atom stereocenters. The first-order valence-electron chi connectivity index (χ1n) is 10.8. The highest BCUT2D eigenvalue weighted by Crippen LogP contribution is 2.25. The molecule has 164 valence electrons. The number of nitrogens with zero attached hydrogens (tertiary/aromatic N) is 5. The summed E-state index contributed by atoms with van der Waals surface area (Å²) in [5, 5.41) is 22.3. The topological polar surface area (TPSA) is 88.8 Å². The van der Waals surface area contributed by atoms with E-state index in [0.717, 1.165) is 29.2 Å². The summed E-state index contributed by atoms with van der Waals surface area (Å²) >= 11 is 0. The maximum atomic E-state index is 9.88. The van der Waals surface area contributed by atoms with Gasteiger partial charge in [0.1, 0.15) is 5.69 Å². The van der Waals surface area contributed by atoms with E-state index in [4.69, 9.17) is 0 Å². The van der Waals surface area contributed by atoms with Crippen molar-refractivity contribution in [2.45, 2.75) is 46.8 Å². The van der Waals surface area contributed by atoms with Crippen molar-refractivity contribution in [1.82, 2.24) is 24.7 Å². The maximum absolute atomic E-state index is 9.88. The standard InChI is InChI=1S/C25H28N6O/c1-5-19-12-22(29-30-25(19)27-18(4)20-8-6-16(2)7-9-20)21-10-11-24(23(14-32)28-21)31-13-17(3)26-15-31/h6-13,15,18,32H,5,14H2,1-4H3,(H,27,30)/t18-/m0/s1. The van der Waals surface area contributed by atoms with Gasteiger partial charge < -0.3 is 15.0 Å². The third-order valence-corrected chi connectivity index (χ3v) is 5.54. The van der Waals surface area contributed by atoms with Gasteiger partial charge in [-0.1, -0.05) is 36.8 Å². The van der Waals surface area contributed by atoms with E-state index in [0.29, 0.717) is 17.1 Å². The van der Waals surface area contributed by atoms with E-state index in [1.165, 1.54) is 11.1 Å². The molecule has 2 N–H and O–H groups in total. The van der Waals surface area contributed by atoms with Crippen LogP contribution in [-0.2, 0) is 13.0 Å². The van der Waals surface area contributed by atoms with E-state index in [1.54, 1.807) is 6.33 Å². The molecule has 0 aliphatic carbocycles. The number of nitrogens with one attached hydrogen (secondary N) is 1. The molecule has 0 aliphatic rings. The van der Waals surface area contributed by atoms with Gasteiger partial charge in [0.25, 0.3) is 0 Å². The second-order valence-electron chi connectivity index (χ2n) is 7.98. The Balaban J connectivity index is 1.61. The van der Waals surface area contributed by atoms with Crippen LogP contribution in [-0.4, -0.2) is 29.8 Å². The van der Waals surface area contributed by atoms with Crippen molar-refractivity contribution in [3.8, 4) is 17.1 Å². The molecule has 7 heteroatoms. The molecule has 0 spiro atoms. The summed E-state index contributed by atoms with van der Waals surface area (Å²) in [4.78, 5) is 8.90. The fourth-order valence-corrected chi connectivity index (χ4v) is 3.63. The molecule has 0 unspecified atom stereocenters. The Morgan fingerprint density at radius 2 is 1.81 bits per heavy atom. The Morgan fingerprint density at radius 1 is 1.03 bits per heavy atom. The van der Waals surface area contributed by atoms with E-state index in [9.17, 15) is 5.11 Å². The molecule has 0 bridgehead atoms. The fourth-order valence-electron chi connectivity index (χ4n) is 3.63. The lowest BCUT2D eigenvalue weighted by atomic mass is 10.1. The van der Waals surface area contributed by atoms with Gasteiger partial charge in [0.05, 0.1) is 41.7 Å². The molecule has 7 nitrogen and oxygen atoms in total. The van der Waals surface area contributed by atoms with Crippen molar-refractivity contribution < 1.29 is 5.11 Å². The number of aryl methyl sites for hydroxylation is 3. The molecule has 0 radical (unpaired) electrons. The Kier molecular flexibility index (Phi) is 6.28. The van der Waals surface area contributed by atoms with Gasteiger partial charge in [-0.05, 0) is 56.5 Å². The predicted molar refractivity (Wildman–Crippen MR) is 126 cm³/mol. The number of aliphatic hydroxyl groups excluding tert-OH is 1. The van der Waals surface area contributed by atoms with Crippen LogP contribution in [0.5, 0.6) is 0 Å². The number of aliphatic hydroxyl groups is 1. The lowest BCUT2D eigenvalue weighted by molar-refractivity contribution is 0.276. The van der Waals surface area contributed by atoms with Crippen molar-refractivity contribution in [2.75, 3.05) is 5.32 Å². The minimum Gasteiger partial charge on any atom is -0.390 e. The van der Waals surface area contributed by atoms with Crippen LogP contribution >= 0.6 is 0 Å². The highest BCUT2D eigenvalue weighted by molar-refractivity contribution is 5.60. The molecule has 1 aromatic carbocycles. The predicted octanol–water partition coefficient (Wildman–Crippen LogP) is 4.57. The molecule has 4 aromatic rings. The summed E-state index contributed by atoms with van der Waals surface area (Å²) < 4.78 is 1.86. The van der Waals surface area contributed by atoms with Crippen LogP contribution in [0.4, 0.5) is 5.82 Å². The van der Waals surface area contributed by atoms with E-state index in [2.05, 4.69) is 70.5 Å². The van der Waals surface area contributed by atoms with Crippen molar-refractivity contribution in [2.24, 2.45) is 0 Å². The van der Waals surface area contributed by atoms with Gasteiger partial charge in [0, 0.05) is 6.20 Å². The molecule has 0 fully saturated rings. The van der Waals surface area contributed by atoms with E-state index in [1.807, 2.05) is 35.9 Å². The van der Waals surface area contributed by atoms with Crippen LogP contribution in [0.1, 0.15) is 48.0 Å². The smallest absolute Gasteiger partial charge is 0.152 e. The Morgan fingerprint density at radius 3 is 2.47 bits per heavy atom. The minimum absolute atomic E-state index is 0.109. The number of rotatable bonds is 7. The van der Waals surface area contributed by atoms with Gasteiger partial charge in [0.2, 0.25) is 0 Å². The summed E-state index contributed by atoms with van der Waals surface area (Å²) in [6.45, 7) is 8.04. The Bertz CT molecular complexity index is 1220. The monoisotopic (exact) mass is 428 g/mol. The molecule has 0 amide bonds. The summed E-state index contributed by atoms with van der Waals surface area (Å²) in [5.74, 6) is 0.775. The number of pyridine rings is 1. The number of anilines is 1. The average molecular weight is 429 g/mol. The molecule has 4 rings (SSSR count). The number of aromatic nitrogens is 5. The van der Waals surface area contributed by atoms with Crippen molar-refractivity contribution in [3.05, 3.63) is 83.1 Å². The van der Waals surface area contributed by atoms with E-state index >= 15 is 0 Å². The number of imidazole rings is 1. The lowest BCUT2D eigenvalue weighted by Gasteiger charge is -2.17. The van der Waals surface area contributed by atoms with Gasteiger partial charge in [-0.25, -0.2) is 9.97 Å². The third kappa shape index (κ3) is 4.53. The highest BCUT2D eigenvalue weighted by atomic mass is 16.3. The van der Waals surface area contributed by atoms with Gasteiger partial charge in [0.15, 0.2) is 5.82 Å². The molecular formula is C25H28N6O. The summed E-state index contributed by atoms with van der Waals surface area (Å²) in [5.41, 5.74) is 7.12. The zero-order valence-corrected chi connectivity index (χ0v) is 18.9. The quantitative estimate of drug-likeness (QED) is 0.448. The lowest BCUT2D eigenvalue weighted by Crippen LogP contribution is -2.11. The van der Waals surface area contributed by atoms with Crippen molar-refractivity contribution in [3.63, 3.8) is 0 Å². The molecule has 0 saturated heterocycles. The number of hydrogen-bond acceptors (Lipinski definition) is 6. The molecule has 0 saturated carbocycles. The molecule has 32 heavy (non-hydrogen) atoms. The van der Waals surface area contributed by atoms with Gasteiger partial charge in [-0.3, -0.25) is 0 Å². The van der Waals surface area contributed by atoms with E-state index < -0.39 is 0 Å². The summed E-state index contributed by atoms with van der Waals surface area (Å²) in [6, 6.07) is 14.4. The SMILES string of the molecule is CCc1cc(-c2ccc(-n3cnc(C)c3)c(CO)n2)nnc1N[C@@H](C)c1ccc(C)cc1. The molecule has 3 aromatic heterocycles. The second kappa shape index (κ2) is 9.28. The third-order valence-electron chi connectivity index (χ3n) is 5.54. The first-order chi connectivity index (χ1) is 15.5. The van der Waals surface area contributed by atoms with Crippen LogP contribution in [0.25, 0.3) is 17.1 Å². The summed E-state index contributed by atoms with van der Waals surface area (Å²) in [7, 11) is 0. The van der Waals surface area contributed by atoms with Crippen molar-refractivity contribution >= 4 is 5.82 Å². The molecule has 0 aliphatic heterocycles. The number of benzene rings is 1. The van der Waals surface area contributed by atoms with Crippen LogP contribution in [0, 0.1) is 13.8 Å². The van der Waals surface area contributed by atoms with Gasteiger partial charge in [-0.2, -0.15) is 0 Å². The van der Waals surface area contributed by atoms with Crippen LogP contribution < -0.4 is 5.32 Å². The molecule has 3 heterocycles. The fraction of sp³-hybridized carbons (Fsp3) is 0.280. The largest absolute Gasteiger partial charge is 0.390 e. The first-order valence-corrected chi connectivity index (χ1v) is 10.8. The summed E-state index contributed by atoms with van der Waals surface area (Å²) in [6.07, 6.45) is 4.43. The average Bonchev–Trinajstić information content (AvgIpc) is 3.25. The maximum Gasteiger partial charge on any atom is 0.152 e. The van der Waals surface area contributed by atoms with Gasteiger partial charge >= 0.3 is 0 Å². The first kappa shape index (κ1) is 21.6. The van der Waals surface area contributed by atoms with Crippen LogP contribution in [0.2, 0.25) is 0 Å². The minimum atomic E-state index is -0.178. The van der Waals surface area contributed by atoms with Crippen LogP contribution in [0.15, 0.2) is 55.0 Å².